The molecule has 0 spiro atoms. The molecular weight excluding hydrogens is 404 g/mol. The summed E-state index contributed by atoms with van der Waals surface area (Å²) in [7, 11) is 0. The van der Waals surface area contributed by atoms with Gasteiger partial charge in [-0.2, -0.15) is 13.9 Å². The van der Waals surface area contributed by atoms with Crippen molar-refractivity contribution in [2.24, 2.45) is 0 Å². The third-order valence-electron chi connectivity index (χ3n) is 4.00. The van der Waals surface area contributed by atoms with Gasteiger partial charge in [-0.15, -0.1) is 0 Å². The van der Waals surface area contributed by atoms with Crippen LogP contribution in [0.1, 0.15) is 21.7 Å². The van der Waals surface area contributed by atoms with Gasteiger partial charge in [0.15, 0.2) is 5.69 Å². The molecule has 0 aliphatic rings. The fraction of sp³-hybridized carbons (Fsp3) is 0.150. The lowest BCUT2D eigenvalue weighted by molar-refractivity contribution is -0.0498. The standard InChI is InChI=1S/C20H16ClF2N3O3/c1-12-10-17(27)18(25-26(12)16-5-3-2-4-15(16)21)19(28)24-11-13-6-8-14(9-7-13)29-20(22)23/h2-10,20H,11H2,1H3,(H,24,28). The molecule has 0 unspecified atom stereocenters. The van der Waals surface area contributed by atoms with Gasteiger partial charge in [0.2, 0.25) is 5.43 Å². The Balaban J connectivity index is 1.78. The van der Waals surface area contributed by atoms with Gasteiger partial charge in [-0.1, -0.05) is 35.9 Å². The molecule has 2 aromatic carbocycles. The average molecular weight is 420 g/mol. The number of carbonyl (C=O) groups excluding carboxylic acids is 1. The van der Waals surface area contributed by atoms with Crippen LogP contribution in [0.3, 0.4) is 0 Å². The highest BCUT2D eigenvalue weighted by Crippen LogP contribution is 2.20. The highest BCUT2D eigenvalue weighted by Gasteiger charge is 2.16. The number of benzene rings is 2. The average Bonchev–Trinajstić information content (AvgIpc) is 2.68. The summed E-state index contributed by atoms with van der Waals surface area (Å²) in [6, 6.07) is 14.0. The first kappa shape index (κ1) is 20.5. The highest BCUT2D eigenvalue weighted by molar-refractivity contribution is 6.32. The van der Waals surface area contributed by atoms with Crippen LogP contribution in [-0.2, 0) is 6.54 Å². The number of aromatic nitrogens is 2. The van der Waals surface area contributed by atoms with Crippen LogP contribution in [-0.4, -0.2) is 22.3 Å². The number of para-hydroxylation sites is 1. The van der Waals surface area contributed by atoms with E-state index in [1.54, 1.807) is 31.2 Å². The predicted octanol–water partition coefficient (Wildman–Crippen LogP) is 3.73. The number of halogens is 3. The van der Waals surface area contributed by atoms with Crippen molar-refractivity contribution < 1.29 is 18.3 Å². The quantitative estimate of drug-likeness (QED) is 0.660. The molecule has 0 saturated heterocycles. The van der Waals surface area contributed by atoms with E-state index in [4.69, 9.17) is 11.6 Å². The Kier molecular flexibility index (Phi) is 6.23. The van der Waals surface area contributed by atoms with Crippen molar-refractivity contribution in [2.75, 3.05) is 0 Å². The maximum atomic E-state index is 12.5. The SMILES string of the molecule is Cc1cc(=O)c(C(=O)NCc2ccc(OC(F)F)cc2)nn1-c1ccccc1Cl. The maximum absolute atomic E-state index is 12.5. The zero-order valence-electron chi connectivity index (χ0n) is 15.2. The van der Waals surface area contributed by atoms with E-state index in [9.17, 15) is 18.4 Å². The van der Waals surface area contributed by atoms with Crippen molar-refractivity contribution in [3.63, 3.8) is 0 Å². The summed E-state index contributed by atoms with van der Waals surface area (Å²) in [5, 5.41) is 7.18. The van der Waals surface area contributed by atoms with Crippen LogP contribution in [0.2, 0.25) is 5.02 Å². The third-order valence-corrected chi connectivity index (χ3v) is 4.32. The van der Waals surface area contributed by atoms with Crippen molar-refractivity contribution in [2.45, 2.75) is 20.1 Å². The van der Waals surface area contributed by atoms with Crippen LogP contribution in [0.15, 0.2) is 59.4 Å². The molecule has 0 fully saturated rings. The first-order chi connectivity index (χ1) is 13.8. The fourth-order valence-electron chi connectivity index (χ4n) is 2.63. The van der Waals surface area contributed by atoms with Crippen LogP contribution in [0.5, 0.6) is 5.75 Å². The van der Waals surface area contributed by atoms with Gasteiger partial charge in [-0.05, 0) is 36.8 Å². The van der Waals surface area contributed by atoms with Gasteiger partial charge in [0.25, 0.3) is 5.91 Å². The zero-order valence-corrected chi connectivity index (χ0v) is 16.0. The molecule has 1 aromatic heterocycles. The second kappa shape index (κ2) is 8.83. The summed E-state index contributed by atoms with van der Waals surface area (Å²) < 4.78 is 30.1. The fourth-order valence-corrected chi connectivity index (χ4v) is 2.84. The van der Waals surface area contributed by atoms with Gasteiger partial charge >= 0.3 is 6.61 Å². The second-order valence-electron chi connectivity index (χ2n) is 6.07. The molecule has 0 saturated carbocycles. The Bertz CT molecular complexity index is 1090. The molecule has 3 rings (SSSR count). The molecule has 150 valence electrons. The Hall–Kier alpha value is -3.26. The summed E-state index contributed by atoms with van der Waals surface area (Å²) >= 11 is 6.19. The largest absolute Gasteiger partial charge is 0.435 e. The number of carbonyl (C=O) groups is 1. The van der Waals surface area contributed by atoms with Gasteiger partial charge in [0, 0.05) is 18.3 Å². The molecule has 0 aliphatic heterocycles. The van der Waals surface area contributed by atoms with Gasteiger partial charge in [-0.3, -0.25) is 9.59 Å². The van der Waals surface area contributed by atoms with Crippen molar-refractivity contribution >= 4 is 17.5 Å². The number of nitrogens with zero attached hydrogens (tertiary/aromatic N) is 2. The number of hydrogen-bond donors (Lipinski definition) is 1. The molecule has 3 aromatic rings. The second-order valence-corrected chi connectivity index (χ2v) is 6.47. The maximum Gasteiger partial charge on any atom is 0.387 e. The predicted molar refractivity (Wildman–Crippen MR) is 104 cm³/mol. The van der Waals surface area contributed by atoms with E-state index in [1.807, 2.05) is 0 Å². The summed E-state index contributed by atoms with van der Waals surface area (Å²) in [4.78, 5) is 24.7. The molecule has 1 heterocycles. The molecule has 1 amide bonds. The number of hydrogen-bond acceptors (Lipinski definition) is 4. The minimum Gasteiger partial charge on any atom is -0.435 e. The lowest BCUT2D eigenvalue weighted by Gasteiger charge is -2.12. The van der Waals surface area contributed by atoms with E-state index in [0.29, 0.717) is 22.0 Å². The van der Waals surface area contributed by atoms with Gasteiger partial charge in [0.05, 0.1) is 10.7 Å². The Morgan fingerprint density at radius 3 is 2.55 bits per heavy atom. The Morgan fingerprint density at radius 2 is 1.90 bits per heavy atom. The van der Waals surface area contributed by atoms with Crippen LogP contribution in [0.4, 0.5) is 8.78 Å². The number of rotatable bonds is 6. The lowest BCUT2D eigenvalue weighted by Crippen LogP contribution is -2.31. The Labute approximate surface area is 169 Å². The first-order valence-electron chi connectivity index (χ1n) is 8.53. The third kappa shape index (κ3) is 4.97. The molecule has 0 bridgehead atoms. The number of amides is 1. The lowest BCUT2D eigenvalue weighted by atomic mass is 10.2. The van der Waals surface area contributed by atoms with E-state index < -0.39 is 17.9 Å². The van der Waals surface area contributed by atoms with E-state index in [0.717, 1.165) is 0 Å². The number of ether oxygens (including phenoxy) is 1. The van der Waals surface area contributed by atoms with E-state index in [1.165, 1.54) is 35.0 Å². The van der Waals surface area contributed by atoms with E-state index in [-0.39, 0.29) is 18.0 Å². The highest BCUT2D eigenvalue weighted by atomic mass is 35.5. The molecular formula is C20H16ClF2N3O3. The van der Waals surface area contributed by atoms with E-state index >= 15 is 0 Å². The molecule has 1 N–H and O–H groups in total. The summed E-state index contributed by atoms with van der Waals surface area (Å²) in [5.41, 5.74) is 0.889. The summed E-state index contributed by atoms with van der Waals surface area (Å²) in [5.74, 6) is -0.651. The monoisotopic (exact) mass is 419 g/mol. The Morgan fingerprint density at radius 1 is 1.21 bits per heavy atom. The number of aryl methyl sites for hydroxylation is 1. The van der Waals surface area contributed by atoms with Gasteiger partial charge in [-0.25, -0.2) is 4.68 Å². The number of alkyl halides is 2. The molecule has 0 radical (unpaired) electrons. The van der Waals surface area contributed by atoms with Gasteiger partial charge < -0.3 is 10.1 Å². The summed E-state index contributed by atoms with van der Waals surface area (Å²) in [6.45, 7) is -1.15. The molecule has 9 heteroatoms. The zero-order chi connectivity index (χ0) is 21.0. The van der Waals surface area contributed by atoms with Crippen molar-refractivity contribution in [1.29, 1.82) is 0 Å². The van der Waals surface area contributed by atoms with Crippen LogP contribution in [0, 0.1) is 6.92 Å². The normalized spacial score (nSPS) is 10.8. The van der Waals surface area contributed by atoms with Crippen molar-refractivity contribution in [3.8, 4) is 11.4 Å². The van der Waals surface area contributed by atoms with Crippen molar-refractivity contribution in [1.82, 2.24) is 15.1 Å². The topological polar surface area (TPSA) is 73.2 Å². The number of nitrogens with one attached hydrogen (secondary N) is 1. The van der Waals surface area contributed by atoms with Crippen LogP contribution in [0.25, 0.3) is 5.69 Å². The molecule has 0 atom stereocenters. The van der Waals surface area contributed by atoms with Crippen LogP contribution < -0.4 is 15.5 Å². The summed E-state index contributed by atoms with van der Waals surface area (Å²) in [6.07, 6.45) is 0. The minimum absolute atomic E-state index is 0.0119. The molecule has 6 nitrogen and oxygen atoms in total. The van der Waals surface area contributed by atoms with Crippen molar-refractivity contribution in [3.05, 3.63) is 86.8 Å². The van der Waals surface area contributed by atoms with Gasteiger partial charge in [0.1, 0.15) is 5.75 Å². The minimum atomic E-state index is -2.91. The van der Waals surface area contributed by atoms with Crippen LogP contribution >= 0.6 is 11.6 Å². The molecule has 29 heavy (non-hydrogen) atoms. The smallest absolute Gasteiger partial charge is 0.387 e. The van der Waals surface area contributed by atoms with E-state index in [2.05, 4.69) is 15.2 Å². The first-order valence-corrected chi connectivity index (χ1v) is 8.91. The molecule has 0 aliphatic carbocycles.